The molecule has 0 aromatic heterocycles. The summed E-state index contributed by atoms with van der Waals surface area (Å²) < 4.78 is 0. The van der Waals surface area contributed by atoms with E-state index in [1.54, 1.807) is 0 Å². The lowest BCUT2D eigenvalue weighted by molar-refractivity contribution is 0.119. The van der Waals surface area contributed by atoms with Crippen LogP contribution in [0.3, 0.4) is 0 Å². The average molecular weight is 282 g/mol. The Balaban J connectivity index is 1.55. The molecule has 108 valence electrons. The largest absolute Gasteiger partial charge is 0.359 e. The molecule has 2 saturated heterocycles. The zero-order valence-corrected chi connectivity index (χ0v) is 13.0. The third-order valence-corrected chi connectivity index (χ3v) is 6.05. The molecular weight excluding hydrogens is 256 g/mol. The number of amidine groups is 1. The minimum absolute atomic E-state index is 0.402. The van der Waals surface area contributed by atoms with Gasteiger partial charge in [-0.05, 0) is 26.9 Å². The van der Waals surface area contributed by atoms with E-state index in [1.807, 2.05) is 11.8 Å². The lowest BCUT2D eigenvalue weighted by atomic mass is 10.0. The van der Waals surface area contributed by atoms with Gasteiger partial charge in [0.05, 0.1) is 6.54 Å². The van der Waals surface area contributed by atoms with E-state index in [0.717, 1.165) is 19.6 Å². The first-order chi connectivity index (χ1) is 9.17. The van der Waals surface area contributed by atoms with E-state index in [0.29, 0.717) is 11.6 Å². The zero-order valence-electron chi connectivity index (χ0n) is 12.2. The topological polar surface area (TPSA) is 30.9 Å². The van der Waals surface area contributed by atoms with Gasteiger partial charge < -0.3 is 10.2 Å². The third-order valence-electron chi connectivity index (χ3n) is 4.84. The second-order valence-electron chi connectivity index (χ2n) is 6.44. The van der Waals surface area contributed by atoms with E-state index in [9.17, 15) is 0 Å². The average Bonchev–Trinajstić information content (AvgIpc) is 3.02. The molecule has 0 radical (unpaired) electrons. The Morgan fingerprint density at radius 1 is 1.32 bits per heavy atom. The fourth-order valence-corrected chi connectivity index (χ4v) is 4.63. The van der Waals surface area contributed by atoms with Gasteiger partial charge in [-0.2, -0.15) is 0 Å². The molecule has 1 unspecified atom stereocenters. The first kappa shape index (κ1) is 13.7. The number of nitrogens with zero attached hydrogens (tertiary/aromatic N) is 3. The van der Waals surface area contributed by atoms with E-state index in [-0.39, 0.29) is 0 Å². The van der Waals surface area contributed by atoms with Crippen LogP contribution < -0.4 is 5.32 Å². The monoisotopic (exact) mass is 282 g/mol. The number of nitrogens with one attached hydrogen (secondary N) is 1. The Bertz CT molecular complexity index is 351. The van der Waals surface area contributed by atoms with Crippen LogP contribution >= 0.6 is 11.8 Å². The summed E-state index contributed by atoms with van der Waals surface area (Å²) in [6.45, 7) is 4.42. The highest BCUT2D eigenvalue weighted by atomic mass is 32.2. The number of thioether (sulfide) groups is 1. The van der Waals surface area contributed by atoms with Crippen LogP contribution in [0, 0.1) is 0 Å². The predicted octanol–water partition coefficient (Wildman–Crippen LogP) is 1.24. The zero-order chi connectivity index (χ0) is 13.3. The Morgan fingerprint density at radius 2 is 2.11 bits per heavy atom. The number of hydrogen-bond acceptors (Lipinski definition) is 4. The van der Waals surface area contributed by atoms with E-state index < -0.39 is 0 Å². The standard InChI is InChI=1S/C14H26N4S/c1-17-7-8-18(2)12(10-17)9-15-13-16-14(11-19-13)5-3-4-6-14/h12H,3-11H2,1-2H3,(H,15,16). The smallest absolute Gasteiger partial charge is 0.157 e. The van der Waals surface area contributed by atoms with Crippen molar-refractivity contribution < 1.29 is 0 Å². The molecule has 1 aliphatic carbocycles. The summed E-state index contributed by atoms with van der Waals surface area (Å²) in [6.07, 6.45) is 5.45. The van der Waals surface area contributed by atoms with Gasteiger partial charge in [-0.15, -0.1) is 0 Å². The van der Waals surface area contributed by atoms with Crippen molar-refractivity contribution >= 4 is 16.9 Å². The van der Waals surface area contributed by atoms with Gasteiger partial charge >= 0.3 is 0 Å². The van der Waals surface area contributed by atoms with Crippen LogP contribution in [0.5, 0.6) is 0 Å². The first-order valence-electron chi connectivity index (χ1n) is 7.51. The highest BCUT2D eigenvalue weighted by molar-refractivity contribution is 8.14. The van der Waals surface area contributed by atoms with Crippen molar-refractivity contribution in [2.24, 2.45) is 4.99 Å². The van der Waals surface area contributed by atoms with Crippen LogP contribution in [-0.4, -0.2) is 72.6 Å². The fraction of sp³-hybridized carbons (Fsp3) is 0.929. The minimum atomic E-state index is 0.402. The Morgan fingerprint density at radius 3 is 2.89 bits per heavy atom. The van der Waals surface area contributed by atoms with E-state index in [2.05, 4.69) is 29.2 Å². The SMILES string of the molecule is CN1CCN(C)C(CN=C2NC3(CCCC3)CS2)C1. The molecule has 2 heterocycles. The Kier molecular flexibility index (Phi) is 4.06. The molecule has 19 heavy (non-hydrogen) atoms. The molecule has 4 nitrogen and oxygen atoms in total. The minimum Gasteiger partial charge on any atom is -0.359 e. The molecule has 1 atom stereocenters. The first-order valence-corrected chi connectivity index (χ1v) is 8.50. The quantitative estimate of drug-likeness (QED) is 0.825. The second kappa shape index (κ2) is 5.62. The molecule has 1 N–H and O–H groups in total. The van der Waals surface area contributed by atoms with Gasteiger partial charge in [-0.3, -0.25) is 9.89 Å². The molecule has 0 amide bonds. The van der Waals surface area contributed by atoms with Gasteiger partial charge in [0.1, 0.15) is 0 Å². The highest BCUT2D eigenvalue weighted by Crippen LogP contribution is 2.37. The van der Waals surface area contributed by atoms with Crippen molar-refractivity contribution in [3.8, 4) is 0 Å². The van der Waals surface area contributed by atoms with Crippen molar-refractivity contribution in [2.75, 3.05) is 46.0 Å². The Labute approximate surface area is 121 Å². The van der Waals surface area contributed by atoms with Crippen molar-refractivity contribution in [1.29, 1.82) is 0 Å². The summed E-state index contributed by atoms with van der Waals surface area (Å²) in [7, 11) is 4.44. The van der Waals surface area contributed by atoms with Crippen molar-refractivity contribution in [2.45, 2.75) is 37.3 Å². The normalized spacial score (nSPS) is 34.2. The number of rotatable bonds is 2. The van der Waals surface area contributed by atoms with Gasteiger partial charge in [0.15, 0.2) is 5.17 Å². The predicted molar refractivity (Wildman–Crippen MR) is 83.0 cm³/mol. The molecule has 1 saturated carbocycles. The lowest BCUT2D eigenvalue weighted by Gasteiger charge is -2.36. The molecule has 0 bridgehead atoms. The molecule has 3 fully saturated rings. The molecule has 2 aliphatic heterocycles. The van der Waals surface area contributed by atoms with Crippen LogP contribution in [0.15, 0.2) is 4.99 Å². The summed E-state index contributed by atoms with van der Waals surface area (Å²) in [5.41, 5.74) is 0.402. The van der Waals surface area contributed by atoms with Crippen LogP contribution in [0.2, 0.25) is 0 Å². The molecular formula is C14H26N4S. The van der Waals surface area contributed by atoms with Crippen LogP contribution in [-0.2, 0) is 0 Å². The van der Waals surface area contributed by atoms with Gasteiger partial charge in [0.25, 0.3) is 0 Å². The highest BCUT2D eigenvalue weighted by Gasteiger charge is 2.39. The summed E-state index contributed by atoms with van der Waals surface area (Å²) >= 11 is 1.94. The fourth-order valence-electron chi connectivity index (χ4n) is 3.40. The lowest BCUT2D eigenvalue weighted by Crippen LogP contribution is -2.51. The second-order valence-corrected chi connectivity index (χ2v) is 7.41. The maximum atomic E-state index is 4.85. The van der Waals surface area contributed by atoms with Crippen molar-refractivity contribution in [3.05, 3.63) is 0 Å². The molecule has 5 heteroatoms. The van der Waals surface area contributed by atoms with Crippen LogP contribution in [0.25, 0.3) is 0 Å². The third kappa shape index (κ3) is 3.09. The van der Waals surface area contributed by atoms with E-state index in [4.69, 9.17) is 4.99 Å². The number of piperazine rings is 1. The van der Waals surface area contributed by atoms with Gasteiger partial charge in [0.2, 0.25) is 0 Å². The van der Waals surface area contributed by atoms with E-state index in [1.165, 1.54) is 43.1 Å². The number of likely N-dealkylation sites (N-methyl/N-ethyl adjacent to an activating group) is 2. The Hall–Kier alpha value is -0.260. The molecule has 1 spiro atoms. The molecule has 3 aliphatic rings. The molecule has 0 aromatic rings. The van der Waals surface area contributed by atoms with Gasteiger partial charge in [0, 0.05) is 37.0 Å². The van der Waals surface area contributed by atoms with Crippen LogP contribution in [0.1, 0.15) is 25.7 Å². The van der Waals surface area contributed by atoms with Crippen LogP contribution in [0.4, 0.5) is 0 Å². The maximum Gasteiger partial charge on any atom is 0.157 e. The number of aliphatic imine (C=N–C) groups is 1. The van der Waals surface area contributed by atoms with Gasteiger partial charge in [-0.25, -0.2) is 0 Å². The van der Waals surface area contributed by atoms with Gasteiger partial charge in [-0.1, -0.05) is 24.6 Å². The number of hydrogen-bond donors (Lipinski definition) is 1. The molecule has 0 aromatic carbocycles. The summed E-state index contributed by atoms with van der Waals surface area (Å²) in [6, 6.07) is 0.578. The summed E-state index contributed by atoms with van der Waals surface area (Å²) in [4.78, 5) is 9.72. The van der Waals surface area contributed by atoms with Crippen molar-refractivity contribution in [3.63, 3.8) is 0 Å². The summed E-state index contributed by atoms with van der Waals surface area (Å²) in [5.74, 6) is 1.23. The maximum absolute atomic E-state index is 4.85. The van der Waals surface area contributed by atoms with E-state index >= 15 is 0 Å². The van der Waals surface area contributed by atoms with Crippen molar-refractivity contribution in [1.82, 2.24) is 15.1 Å². The molecule has 3 rings (SSSR count). The summed E-state index contributed by atoms with van der Waals surface area (Å²) in [5, 5.41) is 4.91.